The lowest BCUT2D eigenvalue weighted by Crippen LogP contribution is -2.43. The predicted molar refractivity (Wildman–Crippen MR) is 126 cm³/mol. The lowest BCUT2D eigenvalue weighted by molar-refractivity contribution is 0.0503. The van der Waals surface area contributed by atoms with Crippen molar-refractivity contribution in [1.29, 1.82) is 0 Å². The Morgan fingerprint density at radius 2 is 1.90 bits per heavy atom. The second-order valence-electron chi connectivity index (χ2n) is 8.31. The lowest BCUT2D eigenvalue weighted by Gasteiger charge is -2.23. The van der Waals surface area contributed by atoms with Gasteiger partial charge < -0.3 is 26.0 Å². The van der Waals surface area contributed by atoms with Crippen molar-refractivity contribution in [3.8, 4) is 0 Å². The van der Waals surface area contributed by atoms with Crippen LogP contribution in [0.3, 0.4) is 0 Å². The highest BCUT2D eigenvalue weighted by Crippen LogP contribution is 2.08. The molecule has 1 unspecified atom stereocenters. The molecule has 1 aromatic rings. The van der Waals surface area contributed by atoms with E-state index in [0.717, 1.165) is 31.4 Å². The SMILES string of the molecule is CCCC(CN=C(NCC)NCCc1cccc(C(=O)NC)c1)NC(=O)OC(C)(C)C. The van der Waals surface area contributed by atoms with Gasteiger partial charge in [0.2, 0.25) is 0 Å². The summed E-state index contributed by atoms with van der Waals surface area (Å²) in [7, 11) is 1.62. The summed E-state index contributed by atoms with van der Waals surface area (Å²) in [5, 5.41) is 12.1. The van der Waals surface area contributed by atoms with Crippen LogP contribution in [-0.2, 0) is 11.2 Å². The molecule has 1 atom stereocenters. The van der Waals surface area contributed by atoms with Crippen molar-refractivity contribution in [2.45, 2.75) is 65.5 Å². The second kappa shape index (κ2) is 13.5. The van der Waals surface area contributed by atoms with Crippen molar-refractivity contribution in [3.63, 3.8) is 0 Å². The number of amides is 2. The Labute approximate surface area is 186 Å². The molecule has 0 spiro atoms. The van der Waals surface area contributed by atoms with E-state index in [4.69, 9.17) is 4.74 Å². The first-order valence-electron chi connectivity index (χ1n) is 11.0. The first kappa shape index (κ1) is 26.3. The number of hydrogen-bond acceptors (Lipinski definition) is 4. The lowest BCUT2D eigenvalue weighted by atomic mass is 10.1. The highest BCUT2D eigenvalue weighted by atomic mass is 16.6. The normalized spacial score (nSPS) is 12.6. The van der Waals surface area contributed by atoms with Gasteiger partial charge in [-0.3, -0.25) is 9.79 Å². The van der Waals surface area contributed by atoms with Crippen LogP contribution in [0.15, 0.2) is 29.3 Å². The quantitative estimate of drug-likeness (QED) is 0.336. The minimum Gasteiger partial charge on any atom is -0.444 e. The van der Waals surface area contributed by atoms with Crippen LogP contribution < -0.4 is 21.3 Å². The van der Waals surface area contributed by atoms with Crippen LogP contribution >= 0.6 is 0 Å². The van der Waals surface area contributed by atoms with Crippen LogP contribution in [0.25, 0.3) is 0 Å². The van der Waals surface area contributed by atoms with E-state index < -0.39 is 11.7 Å². The maximum absolute atomic E-state index is 12.1. The predicted octanol–water partition coefficient (Wildman–Crippen LogP) is 2.84. The van der Waals surface area contributed by atoms with E-state index in [1.54, 1.807) is 13.1 Å². The molecule has 0 aliphatic heterocycles. The molecule has 0 saturated heterocycles. The number of carbonyl (C=O) groups excluding carboxylic acids is 2. The molecular weight excluding hydrogens is 394 g/mol. The summed E-state index contributed by atoms with van der Waals surface area (Å²) >= 11 is 0. The number of hydrogen-bond donors (Lipinski definition) is 4. The molecule has 1 aromatic carbocycles. The van der Waals surface area contributed by atoms with Gasteiger partial charge in [-0.05, 0) is 58.2 Å². The molecule has 4 N–H and O–H groups in total. The minimum absolute atomic E-state index is 0.0934. The molecule has 1 rings (SSSR count). The Morgan fingerprint density at radius 3 is 2.52 bits per heavy atom. The molecule has 0 radical (unpaired) electrons. The van der Waals surface area contributed by atoms with E-state index in [-0.39, 0.29) is 11.9 Å². The van der Waals surface area contributed by atoms with Crippen molar-refractivity contribution in [2.75, 3.05) is 26.7 Å². The molecule has 31 heavy (non-hydrogen) atoms. The van der Waals surface area contributed by atoms with Crippen LogP contribution in [-0.4, -0.2) is 56.3 Å². The van der Waals surface area contributed by atoms with Gasteiger partial charge in [0.1, 0.15) is 5.60 Å². The molecule has 0 aliphatic carbocycles. The van der Waals surface area contributed by atoms with Gasteiger partial charge in [-0.15, -0.1) is 0 Å². The number of benzene rings is 1. The van der Waals surface area contributed by atoms with Crippen LogP contribution in [0.2, 0.25) is 0 Å². The Morgan fingerprint density at radius 1 is 1.16 bits per heavy atom. The van der Waals surface area contributed by atoms with E-state index in [1.807, 2.05) is 45.9 Å². The van der Waals surface area contributed by atoms with Gasteiger partial charge in [0.05, 0.1) is 12.6 Å². The average molecular weight is 434 g/mol. The van der Waals surface area contributed by atoms with E-state index in [2.05, 4.69) is 33.2 Å². The third kappa shape index (κ3) is 11.3. The molecule has 8 heteroatoms. The van der Waals surface area contributed by atoms with Crippen molar-refractivity contribution < 1.29 is 14.3 Å². The Hall–Kier alpha value is -2.77. The third-order valence-electron chi connectivity index (χ3n) is 4.29. The smallest absolute Gasteiger partial charge is 0.407 e. The number of nitrogens with zero attached hydrogens (tertiary/aromatic N) is 1. The summed E-state index contributed by atoms with van der Waals surface area (Å²) in [5.74, 6) is 0.598. The van der Waals surface area contributed by atoms with E-state index >= 15 is 0 Å². The van der Waals surface area contributed by atoms with Crippen molar-refractivity contribution in [2.24, 2.45) is 4.99 Å². The monoisotopic (exact) mass is 433 g/mol. The van der Waals surface area contributed by atoms with Crippen molar-refractivity contribution in [3.05, 3.63) is 35.4 Å². The maximum atomic E-state index is 12.1. The van der Waals surface area contributed by atoms with E-state index in [1.165, 1.54) is 0 Å². The molecule has 2 amide bonds. The van der Waals surface area contributed by atoms with Gasteiger partial charge in [0, 0.05) is 25.7 Å². The maximum Gasteiger partial charge on any atom is 0.407 e. The van der Waals surface area contributed by atoms with E-state index in [0.29, 0.717) is 24.6 Å². The highest BCUT2D eigenvalue weighted by Gasteiger charge is 2.19. The number of guanidine groups is 1. The highest BCUT2D eigenvalue weighted by molar-refractivity contribution is 5.94. The van der Waals surface area contributed by atoms with Gasteiger partial charge in [-0.2, -0.15) is 0 Å². The Balaban J connectivity index is 2.65. The van der Waals surface area contributed by atoms with Crippen LogP contribution in [0.1, 0.15) is 63.4 Å². The summed E-state index contributed by atoms with van der Waals surface area (Å²) in [5.41, 5.74) is 1.19. The summed E-state index contributed by atoms with van der Waals surface area (Å²) in [4.78, 5) is 28.5. The van der Waals surface area contributed by atoms with Gasteiger partial charge in [0.25, 0.3) is 5.91 Å². The molecule has 0 saturated carbocycles. The van der Waals surface area contributed by atoms with Crippen molar-refractivity contribution in [1.82, 2.24) is 21.3 Å². The fourth-order valence-electron chi connectivity index (χ4n) is 2.91. The molecule has 0 aliphatic rings. The molecule has 8 nitrogen and oxygen atoms in total. The molecule has 0 heterocycles. The Bertz CT molecular complexity index is 728. The standard InChI is InChI=1S/C23H39N5O3/c1-7-10-19(28-22(30)31-23(3,4)5)16-27-21(25-8-2)26-14-13-17-11-9-12-18(15-17)20(29)24-6/h9,11-12,15,19H,7-8,10,13-14,16H2,1-6H3,(H,24,29)(H,28,30)(H2,25,26,27). The zero-order valence-electron chi connectivity index (χ0n) is 19.8. The zero-order chi connectivity index (χ0) is 23.3. The summed E-state index contributed by atoms with van der Waals surface area (Å²) < 4.78 is 5.36. The molecule has 0 aromatic heterocycles. The fourth-order valence-corrected chi connectivity index (χ4v) is 2.91. The summed E-state index contributed by atoms with van der Waals surface area (Å²) in [6.07, 6.45) is 2.08. The summed E-state index contributed by atoms with van der Waals surface area (Å²) in [6.45, 7) is 11.5. The van der Waals surface area contributed by atoms with Crippen LogP contribution in [0, 0.1) is 0 Å². The van der Waals surface area contributed by atoms with Crippen LogP contribution in [0.5, 0.6) is 0 Å². The minimum atomic E-state index is -0.532. The van der Waals surface area contributed by atoms with Crippen LogP contribution in [0.4, 0.5) is 4.79 Å². The topological polar surface area (TPSA) is 104 Å². The van der Waals surface area contributed by atoms with Gasteiger partial charge in [-0.1, -0.05) is 25.5 Å². The Kier molecular flexibility index (Phi) is 11.5. The number of carbonyl (C=O) groups is 2. The molecular formula is C23H39N5O3. The van der Waals surface area contributed by atoms with Crippen molar-refractivity contribution >= 4 is 18.0 Å². The molecule has 0 fully saturated rings. The first-order chi connectivity index (χ1) is 14.7. The molecule has 174 valence electrons. The van der Waals surface area contributed by atoms with Gasteiger partial charge in [0.15, 0.2) is 5.96 Å². The third-order valence-corrected chi connectivity index (χ3v) is 4.29. The number of rotatable bonds is 10. The molecule has 0 bridgehead atoms. The van der Waals surface area contributed by atoms with E-state index in [9.17, 15) is 9.59 Å². The largest absolute Gasteiger partial charge is 0.444 e. The summed E-state index contributed by atoms with van der Waals surface area (Å²) in [6, 6.07) is 7.48. The average Bonchev–Trinajstić information content (AvgIpc) is 2.70. The second-order valence-corrected chi connectivity index (χ2v) is 8.31. The number of ether oxygens (including phenoxy) is 1. The number of nitrogens with one attached hydrogen (secondary N) is 4. The first-order valence-corrected chi connectivity index (χ1v) is 11.0. The number of alkyl carbamates (subject to hydrolysis) is 1. The number of aliphatic imine (C=N–C) groups is 1. The van der Waals surface area contributed by atoms with Gasteiger partial charge in [-0.25, -0.2) is 4.79 Å². The fraction of sp³-hybridized carbons (Fsp3) is 0.609. The van der Waals surface area contributed by atoms with Gasteiger partial charge >= 0.3 is 6.09 Å². The zero-order valence-corrected chi connectivity index (χ0v) is 19.8.